The number of aliphatic hydroxyl groups excluding tert-OH is 1. The molecular weight excluding hydrogens is 256 g/mol. The van der Waals surface area contributed by atoms with Crippen molar-refractivity contribution >= 4 is 0 Å². The average molecular weight is 286 g/mol. The second kappa shape index (κ2) is 4.47. The highest BCUT2D eigenvalue weighted by atomic mass is 16.3. The molecule has 3 saturated carbocycles. The van der Waals surface area contributed by atoms with Crippen LogP contribution in [0.1, 0.15) is 65.2 Å². The van der Waals surface area contributed by atoms with Gasteiger partial charge in [-0.3, -0.25) is 0 Å². The molecule has 6 unspecified atom stereocenters. The van der Waals surface area contributed by atoms with Crippen LogP contribution in [0.5, 0.6) is 0 Å². The van der Waals surface area contributed by atoms with Crippen LogP contribution in [-0.4, -0.2) is 11.2 Å². The van der Waals surface area contributed by atoms with Gasteiger partial charge in [0.15, 0.2) is 0 Å². The van der Waals surface area contributed by atoms with Gasteiger partial charge in [-0.05, 0) is 80.0 Å². The van der Waals surface area contributed by atoms with E-state index in [0.717, 1.165) is 30.6 Å². The van der Waals surface area contributed by atoms with Gasteiger partial charge in [-0.15, -0.1) is 0 Å². The summed E-state index contributed by atoms with van der Waals surface area (Å²) in [6.07, 6.45) is 12.2. The summed E-state index contributed by atoms with van der Waals surface area (Å²) in [6.45, 7) is 9.41. The number of rotatable bonds is 0. The Hall–Kier alpha value is -0.560. The molecule has 0 aromatic heterocycles. The van der Waals surface area contributed by atoms with Crippen LogP contribution < -0.4 is 0 Å². The lowest BCUT2D eigenvalue weighted by molar-refractivity contribution is -0.0267. The minimum absolute atomic E-state index is 0.0824. The molecule has 1 heteroatoms. The van der Waals surface area contributed by atoms with Crippen molar-refractivity contribution in [2.45, 2.75) is 71.3 Å². The molecule has 3 fully saturated rings. The highest BCUT2D eigenvalue weighted by molar-refractivity contribution is 5.28. The molecule has 0 aromatic rings. The fraction of sp³-hybridized carbons (Fsp3) is 0.800. The van der Waals surface area contributed by atoms with Crippen molar-refractivity contribution < 1.29 is 5.11 Å². The van der Waals surface area contributed by atoms with Gasteiger partial charge in [-0.25, -0.2) is 0 Å². The second-order valence-electron chi connectivity index (χ2n) is 8.75. The van der Waals surface area contributed by atoms with E-state index in [2.05, 4.69) is 26.5 Å². The van der Waals surface area contributed by atoms with Gasteiger partial charge in [0.05, 0.1) is 6.10 Å². The van der Waals surface area contributed by atoms with E-state index < -0.39 is 0 Å². The molecule has 21 heavy (non-hydrogen) atoms. The van der Waals surface area contributed by atoms with E-state index in [1.807, 2.05) is 0 Å². The van der Waals surface area contributed by atoms with Gasteiger partial charge in [0, 0.05) is 0 Å². The maximum absolute atomic E-state index is 10.0. The lowest BCUT2D eigenvalue weighted by atomic mass is 9.48. The van der Waals surface area contributed by atoms with Crippen LogP contribution >= 0.6 is 0 Å². The lowest BCUT2D eigenvalue weighted by Gasteiger charge is -2.57. The van der Waals surface area contributed by atoms with Crippen molar-refractivity contribution in [3.8, 4) is 0 Å². The Labute approximate surface area is 129 Å². The van der Waals surface area contributed by atoms with Crippen molar-refractivity contribution in [3.05, 3.63) is 23.8 Å². The SMILES string of the molecule is C=C1CCC2C3CC=C4CC(O)CCC4(C)C3CCC12C. The van der Waals surface area contributed by atoms with Gasteiger partial charge in [-0.2, -0.15) is 0 Å². The largest absolute Gasteiger partial charge is 0.393 e. The summed E-state index contributed by atoms with van der Waals surface area (Å²) in [5, 5.41) is 10.0. The van der Waals surface area contributed by atoms with Crippen LogP contribution in [0.25, 0.3) is 0 Å². The molecule has 4 aliphatic carbocycles. The first kappa shape index (κ1) is 14.1. The number of hydrogen-bond donors (Lipinski definition) is 1. The van der Waals surface area contributed by atoms with Gasteiger partial charge in [-0.1, -0.05) is 37.6 Å². The molecule has 0 heterocycles. The zero-order valence-corrected chi connectivity index (χ0v) is 13.7. The number of aliphatic hydroxyl groups is 1. The van der Waals surface area contributed by atoms with Gasteiger partial charge in [0.2, 0.25) is 0 Å². The smallest absolute Gasteiger partial charge is 0.0577 e. The molecule has 6 atom stereocenters. The van der Waals surface area contributed by atoms with E-state index in [4.69, 9.17) is 0 Å². The van der Waals surface area contributed by atoms with E-state index in [1.54, 1.807) is 5.57 Å². The Balaban J connectivity index is 1.69. The lowest BCUT2D eigenvalue weighted by Crippen LogP contribution is -2.49. The van der Waals surface area contributed by atoms with E-state index >= 15 is 0 Å². The van der Waals surface area contributed by atoms with Gasteiger partial charge in [0.1, 0.15) is 0 Å². The Morgan fingerprint density at radius 3 is 2.62 bits per heavy atom. The summed E-state index contributed by atoms with van der Waals surface area (Å²) < 4.78 is 0. The van der Waals surface area contributed by atoms with Crippen molar-refractivity contribution in [2.24, 2.45) is 28.6 Å². The molecule has 1 N–H and O–H groups in total. The summed E-state index contributed by atoms with van der Waals surface area (Å²) >= 11 is 0. The Kier molecular flexibility index (Phi) is 2.99. The Bertz CT molecular complexity index is 504. The van der Waals surface area contributed by atoms with Gasteiger partial charge < -0.3 is 5.11 Å². The minimum Gasteiger partial charge on any atom is -0.393 e. The monoisotopic (exact) mass is 286 g/mol. The van der Waals surface area contributed by atoms with Crippen molar-refractivity contribution in [1.29, 1.82) is 0 Å². The van der Waals surface area contributed by atoms with Crippen molar-refractivity contribution in [3.63, 3.8) is 0 Å². The van der Waals surface area contributed by atoms with Crippen LogP contribution in [0, 0.1) is 28.6 Å². The zero-order valence-electron chi connectivity index (χ0n) is 13.7. The molecule has 0 radical (unpaired) electrons. The van der Waals surface area contributed by atoms with E-state index in [0.29, 0.717) is 10.8 Å². The van der Waals surface area contributed by atoms with E-state index in [-0.39, 0.29) is 6.10 Å². The summed E-state index contributed by atoms with van der Waals surface area (Å²) in [6, 6.07) is 0. The zero-order chi connectivity index (χ0) is 14.8. The molecule has 0 aromatic carbocycles. The highest BCUT2D eigenvalue weighted by Crippen LogP contribution is 2.65. The maximum Gasteiger partial charge on any atom is 0.0577 e. The van der Waals surface area contributed by atoms with Crippen LogP contribution in [0.3, 0.4) is 0 Å². The number of allylic oxidation sites excluding steroid dienone is 2. The standard InChI is InChI=1S/C20H30O/c1-13-4-7-17-16-6-5-14-12-15(21)8-10-20(14,3)18(16)9-11-19(13,17)2/h5,15-18,21H,1,4,6-12H2,2-3H3. The fourth-order valence-corrected chi connectivity index (χ4v) is 6.55. The molecule has 0 amide bonds. The van der Waals surface area contributed by atoms with Crippen LogP contribution in [0.4, 0.5) is 0 Å². The third-order valence-corrected chi connectivity index (χ3v) is 8.03. The van der Waals surface area contributed by atoms with Crippen LogP contribution in [0.2, 0.25) is 0 Å². The van der Waals surface area contributed by atoms with Crippen LogP contribution in [0.15, 0.2) is 23.8 Å². The normalized spacial score (nSPS) is 52.7. The molecule has 4 aliphatic rings. The average Bonchev–Trinajstić information content (AvgIpc) is 2.76. The highest BCUT2D eigenvalue weighted by Gasteiger charge is 2.56. The summed E-state index contributed by atoms with van der Waals surface area (Å²) in [7, 11) is 0. The first-order chi connectivity index (χ1) is 9.95. The van der Waals surface area contributed by atoms with Crippen molar-refractivity contribution in [1.82, 2.24) is 0 Å². The maximum atomic E-state index is 10.0. The molecule has 0 spiro atoms. The molecule has 1 nitrogen and oxygen atoms in total. The van der Waals surface area contributed by atoms with Gasteiger partial charge in [0.25, 0.3) is 0 Å². The summed E-state index contributed by atoms with van der Waals surface area (Å²) in [5.41, 5.74) is 3.93. The molecule has 0 bridgehead atoms. The quantitative estimate of drug-likeness (QED) is 0.630. The summed E-state index contributed by atoms with van der Waals surface area (Å²) in [4.78, 5) is 0. The predicted octanol–water partition coefficient (Wildman–Crippen LogP) is 4.87. The third-order valence-electron chi connectivity index (χ3n) is 8.03. The Morgan fingerprint density at radius 2 is 1.81 bits per heavy atom. The number of fused-ring (bicyclic) bond motifs is 5. The molecule has 0 saturated heterocycles. The fourth-order valence-electron chi connectivity index (χ4n) is 6.55. The molecule has 4 rings (SSSR count). The van der Waals surface area contributed by atoms with Crippen molar-refractivity contribution in [2.75, 3.05) is 0 Å². The predicted molar refractivity (Wildman–Crippen MR) is 86.8 cm³/mol. The Morgan fingerprint density at radius 1 is 1.10 bits per heavy atom. The molecule has 0 aliphatic heterocycles. The summed E-state index contributed by atoms with van der Waals surface area (Å²) in [5.74, 6) is 2.59. The minimum atomic E-state index is -0.0824. The third kappa shape index (κ3) is 1.79. The number of hydrogen-bond acceptors (Lipinski definition) is 1. The topological polar surface area (TPSA) is 20.2 Å². The first-order valence-electron chi connectivity index (χ1n) is 9.01. The molecule has 116 valence electrons. The van der Waals surface area contributed by atoms with Crippen LogP contribution in [-0.2, 0) is 0 Å². The van der Waals surface area contributed by atoms with E-state index in [1.165, 1.54) is 44.1 Å². The molecular formula is C20H30O. The van der Waals surface area contributed by atoms with E-state index in [9.17, 15) is 5.11 Å². The van der Waals surface area contributed by atoms with Gasteiger partial charge >= 0.3 is 0 Å². The second-order valence-corrected chi connectivity index (χ2v) is 8.75. The first-order valence-corrected chi connectivity index (χ1v) is 9.01.